The van der Waals surface area contributed by atoms with Gasteiger partial charge in [-0.05, 0) is 31.0 Å². The van der Waals surface area contributed by atoms with Crippen LogP contribution in [0.4, 0.5) is 0 Å². The van der Waals surface area contributed by atoms with Crippen LogP contribution in [-0.2, 0) is 16.0 Å². The number of nitrogens with zero attached hydrogens (tertiary/aromatic N) is 5. The van der Waals surface area contributed by atoms with Crippen molar-refractivity contribution in [2.75, 3.05) is 13.2 Å². The number of nitrogens with one attached hydrogen (secondary N) is 1. The molecule has 1 saturated heterocycles. The molecule has 1 fully saturated rings. The maximum atomic E-state index is 12.1. The van der Waals surface area contributed by atoms with Gasteiger partial charge in [-0.15, -0.1) is 0 Å². The summed E-state index contributed by atoms with van der Waals surface area (Å²) in [5, 5.41) is 11.1. The molecular weight excluding hydrogens is 384 g/mol. The first-order chi connectivity index (χ1) is 14.7. The van der Waals surface area contributed by atoms with Crippen LogP contribution in [0.25, 0.3) is 28.3 Å². The van der Waals surface area contributed by atoms with Crippen LogP contribution >= 0.6 is 0 Å². The molecule has 0 saturated carbocycles. The molecule has 9 heteroatoms. The van der Waals surface area contributed by atoms with Crippen molar-refractivity contribution in [2.24, 2.45) is 0 Å². The van der Waals surface area contributed by atoms with E-state index in [1.54, 1.807) is 10.7 Å². The normalized spacial score (nSPS) is 16.2. The van der Waals surface area contributed by atoms with Crippen LogP contribution in [0.15, 0.2) is 53.3 Å². The second-order valence-electron chi connectivity index (χ2n) is 7.16. The van der Waals surface area contributed by atoms with Gasteiger partial charge in [0.25, 0.3) is 0 Å². The third-order valence-corrected chi connectivity index (χ3v) is 4.98. The van der Waals surface area contributed by atoms with E-state index < -0.39 is 0 Å². The number of fused-ring (bicyclic) bond motifs is 1. The zero-order valence-electron chi connectivity index (χ0n) is 16.2. The van der Waals surface area contributed by atoms with Crippen LogP contribution in [-0.4, -0.2) is 49.9 Å². The van der Waals surface area contributed by atoms with Gasteiger partial charge in [0.05, 0.1) is 18.0 Å². The van der Waals surface area contributed by atoms with Crippen molar-refractivity contribution in [1.29, 1.82) is 0 Å². The fraction of sp³-hybridized carbons (Fsp3) is 0.286. The zero-order chi connectivity index (χ0) is 20.3. The summed E-state index contributed by atoms with van der Waals surface area (Å²) in [6, 6.07) is 11.4. The third-order valence-electron chi connectivity index (χ3n) is 4.98. The molecule has 3 aromatic heterocycles. The van der Waals surface area contributed by atoms with Gasteiger partial charge in [0.15, 0.2) is 5.65 Å². The number of hydrogen-bond acceptors (Lipinski definition) is 7. The summed E-state index contributed by atoms with van der Waals surface area (Å²) in [4.78, 5) is 21.1. The van der Waals surface area contributed by atoms with Gasteiger partial charge in [-0.1, -0.05) is 23.4 Å². The van der Waals surface area contributed by atoms with Crippen molar-refractivity contribution < 1.29 is 14.1 Å². The van der Waals surface area contributed by atoms with Crippen molar-refractivity contribution in [3.8, 4) is 22.6 Å². The average Bonchev–Trinajstić information content (AvgIpc) is 3.52. The predicted octanol–water partition coefficient (Wildman–Crippen LogP) is 2.28. The Morgan fingerprint density at radius 1 is 1.20 bits per heavy atom. The Morgan fingerprint density at radius 2 is 2.13 bits per heavy atom. The molecule has 1 aliphatic rings. The topological polar surface area (TPSA) is 107 Å². The lowest BCUT2D eigenvalue weighted by molar-refractivity contribution is -0.121. The molecular formula is C21H20N6O3. The van der Waals surface area contributed by atoms with Gasteiger partial charge < -0.3 is 14.6 Å². The van der Waals surface area contributed by atoms with Gasteiger partial charge in [-0.2, -0.15) is 10.1 Å². The molecule has 1 N–H and O–H groups in total. The molecule has 152 valence electrons. The first-order valence-electron chi connectivity index (χ1n) is 9.87. The molecule has 0 bridgehead atoms. The second kappa shape index (κ2) is 8.03. The van der Waals surface area contributed by atoms with Crippen LogP contribution < -0.4 is 5.32 Å². The molecule has 9 nitrogen and oxygen atoms in total. The van der Waals surface area contributed by atoms with Gasteiger partial charge >= 0.3 is 0 Å². The fourth-order valence-corrected chi connectivity index (χ4v) is 3.46. The van der Waals surface area contributed by atoms with Crippen LogP contribution in [0.5, 0.6) is 0 Å². The summed E-state index contributed by atoms with van der Waals surface area (Å²) in [5.74, 6) is 0.546. The minimum atomic E-state index is -0.161. The molecule has 1 aromatic carbocycles. The van der Waals surface area contributed by atoms with E-state index in [1.165, 1.54) is 0 Å². The van der Waals surface area contributed by atoms with E-state index >= 15 is 0 Å². The highest BCUT2D eigenvalue weighted by Crippen LogP contribution is 2.24. The average molecular weight is 404 g/mol. The van der Waals surface area contributed by atoms with Crippen molar-refractivity contribution in [3.63, 3.8) is 0 Å². The Labute approximate surface area is 172 Å². The predicted molar refractivity (Wildman–Crippen MR) is 107 cm³/mol. The van der Waals surface area contributed by atoms with Crippen molar-refractivity contribution in [1.82, 2.24) is 30.1 Å². The van der Waals surface area contributed by atoms with E-state index in [0.717, 1.165) is 41.9 Å². The lowest BCUT2D eigenvalue weighted by Gasteiger charge is -2.09. The van der Waals surface area contributed by atoms with Gasteiger partial charge in [-0.3, -0.25) is 4.79 Å². The van der Waals surface area contributed by atoms with Gasteiger partial charge in [0.1, 0.15) is 6.42 Å². The summed E-state index contributed by atoms with van der Waals surface area (Å²) >= 11 is 0. The van der Waals surface area contributed by atoms with Gasteiger partial charge in [0.2, 0.25) is 17.6 Å². The minimum Gasteiger partial charge on any atom is -0.376 e. The Kier molecular flexibility index (Phi) is 4.94. The van der Waals surface area contributed by atoms with E-state index in [-0.39, 0.29) is 24.3 Å². The molecule has 5 rings (SSSR count). The van der Waals surface area contributed by atoms with Gasteiger partial charge in [-0.25, -0.2) is 9.50 Å². The van der Waals surface area contributed by atoms with Crippen molar-refractivity contribution in [2.45, 2.75) is 25.4 Å². The largest absolute Gasteiger partial charge is 0.376 e. The molecule has 4 heterocycles. The van der Waals surface area contributed by atoms with Crippen molar-refractivity contribution in [3.05, 3.63) is 54.7 Å². The van der Waals surface area contributed by atoms with Crippen LogP contribution in [0.3, 0.4) is 0 Å². The van der Waals surface area contributed by atoms with E-state index in [4.69, 9.17) is 9.26 Å². The number of rotatable bonds is 6. The number of imidazole rings is 1. The molecule has 0 aliphatic carbocycles. The van der Waals surface area contributed by atoms with Crippen molar-refractivity contribution >= 4 is 11.6 Å². The molecule has 4 aromatic rings. The number of benzene rings is 1. The second-order valence-corrected chi connectivity index (χ2v) is 7.16. The number of hydrogen-bond donors (Lipinski definition) is 1. The molecule has 1 amide bonds. The maximum absolute atomic E-state index is 12.1. The van der Waals surface area contributed by atoms with Gasteiger partial charge in [0, 0.05) is 30.5 Å². The zero-order valence-corrected chi connectivity index (χ0v) is 16.2. The number of ether oxygens (including phenoxy) is 1. The molecule has 1 atom stereocenters. The quantitative estimate of drug-likeness (QED) is 0.525. The summed E-state index contributed by atoms with van der Waals surface area (Å²) < 4.78 is 12.5. The minimum absolute atomic E-state index is 0.0392. The molecule has 0 spiro atoms. The first kappa shape index (κ1) is 18.4. The summed E-state index contributed by atoms with van der Waals surface area (Å²) in [6.07, 6.45) is 5.74. The molecule has 0 radical (unpaired) electrons. The number of aromatic nitrogens is 5. The summed E-state index contributed by atoms with van der Waals surface area (Å²) in [7, 11) is 0. The first-order valence-corrected chi connectivity index (χ1v) is 9.87. The van der Waals surface area contributed by atoms with E-state index in [2.05, 4.69) is 25.5 Å². The number of carbonyl (C=O) groups is 1. The maximum Gasteiger partial charge on any atom is 0.236 e. The third kappa shape index (κ3) is 3.92. The highest BCUT2D eigenvalue weighted by molar-refractivity contribution is 5.77. The molecule has 1 aliphatic heterocycles. The van der Waals surface area contributed by atoms with Crippen LogP contribution in [0, 0.1) is 0 Å². The number of amides is 1. The number of carbonyl (C=O) groups excluding carboxylic acids is 1. The summed E-state index contributed by atoms with van der Waals surface area (Å²) in [6.45, 7) is 1.27. The fourth-order valence-electron chi connectivity index (χ4n) is 3.46. The monoisotopic (exact) mass is 404 g/mol. The SMILES string of the molecule is O=C(Cc1nc(-c2cccc(-c3cn4ncccc4n3)c2)no1)NC[C@@H]1CCCO1. The Balaban J connectivity index is 1.28. The van der Waals surface area contributed by atoms with E-state index in [1.807, 2.05) is 42.6 Å². The Hall–Kier alpha value is -3.59. The van der Waals surface area contributed by atoms with E-state index in [9.17, 15) is 4.79 Å². The lowest BCUT2D eigenvalue weighted by atomic mass is 10.1. The summed E-state index contributed by atoms with van der Waals surface area (Å²) in [5.41, 5.74) is 3.27. The standard InChI is InChI=1S/C21H20N6O3/c28-19(22-12-16-6-3-9-29-16)11-20-25-21(26-30-20)15-5-1-4-14(10-15)17-13-27-18(24-17)7-2-8-23-27/h1-2,4-5,7-8,10,13,16H,3,6,9,11-12H2,(H,22,28)/t16-/m0/s1. The van der Waals surface area contributed by atoms with Crippen LogP contribution in [0.2, 0.25) is 0 Å². The smallest absolute Gasteiger partial charge is 0.236 e. The lowest BCUT2D eigenvalue weighted by Crippen LogP contribution is -2.32. The van der Waals surface area contributed by atoms with E-state index in [0.29, 0.717) is 12.4 Å². The highest BCUT2D eigenvalue weighted by atomic mass is 16.5. The molecule has 0 unspecified atom stereocenters. The highest BCUT2D eigenvalue weighted by Gasteiger charge is 2.18. The van der Waals surface area contributed by atoms with Crippen LogP contribution in [0.1, 0.15) is 18.7 Å². The Morgan fingerprint density at radius 3 is 3.00 bits per heavy atom. The molecule has 30 heavy (non-hydrogen) atoms. The Bertz CT molecular complexity index is 1150.